The highest BCUT2D eigenvalue weighted by Gasteiger charge is 2.96. The van der Waals surface area contributed by atoms with Crippen molar-refractivity contribution in [2.24, 2.45) is 17.3 Å². The molecule has 0 aromatic rings. The van der Waals surface area contributed by atoms with Crippen molar-refractivity contribution in [3.8, 4) is 0 Å². The van der Waals surface area contributed by atoms with Crippen molar-refractivity contribution in [2.45, 2.75) is 36.5 Å². The van der Waals surface area contributed by atoms with E-state index in [1.54, 1.807) is 0 Å². The minimum Gasteiger partial charge on any atom is -0.373 e. The van der Waals surface area contributed by atoms with Crippen LogP contribution in [0, 0.1) is 17.3 Å². The predicted molar refractivity (Wildman–Crippen MR) is 51.2 cm³/mol. The molecule has 0 aromatic carbocycles. The van der Waals surface area contributed by atoms with Gasteiger partial charge in [0.15, 0.2) is 5.41 Å². The number of fused-ring (bicyclic) bond motifs is 2. The van der Waals surface area contributed by atoms with Crippen LogP contribution in [0.5, 0.6) is 0 Å². The second-order valence-corrected chi connectivity index (χ2v) is 5.47. The van der Waals surface area contributed by atoms with Gasteiger partial charge in [0.25, 0.3) is 11.5 Å². The summed E-state index contributed by atoms with van der Waals surface area (Å²) in [7, 11) is 0. The second kappa shape index (κ2) is 4.31. The third-order valence-electron chi connectivity index (χ3n) is 4.47. The molecule has 1 saturated carbocycles. The Kier molecular flexibility index (Phi) is 3.42. The number of halogens is 11. The molecule has 2 rings (SSSR count). The Bertz CT molecular complexity index is 512. The number of aliphatic hydroxyl groups is 1. The quantitative estimate of drug-likeness (QED) is 0.545. The zero-order valence-corrected chi connectivity index (χ0v) is 10.6. The maximum atomic E-state index is 14.1. The molecule has 12 heteroatoms. The summed E-state index contributed by atoms with van der Waals surface area (Å²) in [4.78, 5) is 0. The Morgan fingerprint density at radius 1 is 0.783 bits per heavy atom. The molecule has 0 heterocycles. The third-order valence-corrected chi connectivity index (χ3v) is 4.47. The Morgan fingerprint density at radius 2 is 1.17 bits per heavy atom. The van der Waals surface area contributed by atoms with E-state index < -0.39 is 53.7 Å². The van der Waals surface area contributed by atoms with Crippen molar-refractivity contribution in [2.75, 3.05) is 0 Å². The molecule has 1 nitrogen and oxygen atoms in total. The fourth-order valence-corrected chi connectivity index (χ4v) is 3.55. The standard InChI is InChI=1S/C11H7F11O/c12-7(13)5-2-1-4(3-5)6(7,9(14,15)16)8(23,10(17,18)19)11(20,21)22/h1-2,4-5,23H,3H2. The first-order valence-electron chi connectivity index (χ1n) is 5.95. The summed E-state index contributed by atoms with van der Waals surface area (Å²) in [6.07, 6.45) is -21.4. The molecule has 3 atom stereocenters. The van der Waals surface area contributed by atoms with Gasteiger partial charge in [0.1, 0.15) is 0 Å². The van der Waals surface area contributed by atoms with E-state index in [9.17, 15) is 48.3 Å². The predicted octanol–water partition coefficient (Wildman–Crippen LogP) is 4.23. The molecule has 134 valence electrons. The SMILES string of the molecule is OC(C(F)(F)F)(C(F)(F)F)C1(C(F)(F)F)C2C=CC(C2)C1(F)F. The van der Waals surface area contributed by atoms with Crippen LogP contribution in [0.1, 0.15) is 6.42 Å². The van der Waals surface area contributed by atoms with Gasteiger partial charge in [0.2, 0.25) is 0 Å². The zero-order chi connectivity index (χ0) is 18.3. The van der Waals surface area contributed by atoms with Gasteiger partial charge in [-0.1, -0.05) is 12.2 Å². The van der Waals surface area contributed by atoms with Crippen LogP contribution >= 0.6 is 0 Å². The number of hydrogen-bond donors (Lipinski definition) is 1. The molecule has 2 aliphatic rings. The van der Waals surface area contributed by atoms with Crippen molar-refractivity contribution in [1.82, 2.24) is 0 Å². The van der Waals surface area contributed by atoms with E-state index in [1.807, 2.05) is 0 Å². The molecule has 0 aliphatic heterocycles. The average molecular weight is 364 g/mol. The van der Waals surface area contributed by atoms with E-state index >= 15 is 0 Å². The monoisotopic (exact) mass is 364 g/mol. The van der Waals surface area contributed by atoms with E-state index in [2.05, 4.69) is 0 Å². The third kappa shape index (κ3) is 1.78. The maximum Gasteiger partial charge on any atom is 0.427 e. The van der Waals surface area contributed by atoms with Crippen molar-refractivity contribution in [1.29, 1.82) is 0 Å². The summed E-state index contributed by atoms with van der Waals surface area (Å²) in [5.74, 6) is -10.8. The molecular formula is C11H7F11O. The van der Waals surface area contributed by atoms with E-state index in [0.717, 1.165) is 0 Å². The number of alkyl halides is 11. The van der Waals surface area contributed by atoms with Gasteiger partial charge >= 0.3 is 18.5 Å². The van der Waals surface area contributed by atoms with Gasteiger partial charge in [-0.25, -0.2) is 8.78 Å². The lowest BCUT2D eigenvalue weighted by molar-refractivity contribution is -0.472. The fourth-order valence-electron chi connectivity index (χ4n) is 3.55. The summed E-state index contributed by atoms with van der Waals surface area (Å²) in [5.41, 5.74) is -12.4. The first-order valence-corrected chi connectivity index (χ1v) is 5.95. The van der Waals surface area contributed by atoms with Crippen molar-refractivity contribution in [3.63, 3.8) is 0 Å². The van der Waals surface area contributed by atoms with Crippen molar-refractivity contribution in [3.05, 3.63) is 12.2 Å². The summed E-state index contributed by atoms with van der Waals surface area (Å²) < 4.78 is 145. The first kappa shape index (κ1) is 18.3. The maximum absolute atomic E-state index is 14.1. The smallest absolute Gasteiger partial charge is 0.373 e. The molecule has 1 fully saturated rings. The second-order valence-electron chi connectivity index (χ2n) is 5.47. The van der Waals surface area contributed by atoms with Gasteiger partial charge in [0, 0.05) is 11.8 Å². The minimum atomic E-state index is -7.03. The highest BCUT2D eigenvalue weighted by Crippen LogP contribution is 2.75. The molecule has 0 radical (unpaired) electrons. The summed E-state index contributed by atoms with van der Waals surface area (Å²) in [6, 6.07) is 0. The van der Waals surface area contributed by atoms with E-state index in [-0.39, 0.29) is 6.08 Å². The van der Waals surface area contributed by atoms with Crippen LogP contribution in [0.4, 0.5) is 48.3 Å². The Hall–Kier alpha value is -1.07. The topological polar surface area (TPSA) is 20.2 Å². The Balaban J connectivity index is 2.93. The first-order chi connectivity index (χ1) is 9.96. The van der Waals surface area contributed by atoms with Gasteiger partial charge in [-0.2, -0.15) is 39.5 Å². The minimum absolute atomic E-state index is 0.220. The van der Waals surface area contributed by atoms with Crippen molar-refractivity contribution < 1.29 is 53.4 Å². The van der Waals surface area contributed by atoms with E-state index in [4.69, 9.17) is 5.11 Å². The van der Waals surface area contributed by atoms with Crippen LogP contribution in [0.25, 0.3) is 0 Å². The van der Waals surface area contributed by atoms with Crippen LogP contribution in [0.2, 0.25) is 0 Å². The van der Waals surface area contributed by atoms with E-state index in [1.165, 1.54) is 0 Å². The lowest BCUT2D eigenvalue weighted by Gasteiger charge is -2.52. The van der Waals surface area contributed by atoms with Crippen LogP contribution in [0.15, 0.2) is 12.2 Å². The highest BCUT2D eigenvalue weighted by molar-refractivity contribution is 5.32. The summed E-state index contributed by atoms with van der Waals surface area (Å²) in [5, 5.41) is 9.14. The van der Waals surface area contributed by atoms with Gasteiger partial charge in [-0.15, -0.1) is 0 Å². The Labute approximate surface area is 120 Å². The van der Waals surface area contributed by atoms with Gasteiger partial charge in [-0.3, -0.25) is 0 Å². The average Bonchev–Trinajstić information content (AvgIpc) is 2.80. The highest BCUT2D eigenvalue weighted by atomic mass is 19.4. The largest absolute Gasteiger partial charge is 0.427 e. The molecule has 0 amide bonds. The number of rotatable bonds is 1. The van der Waals surface area contributed by atoms with E-state index in [0.29, 0.717) is 6.08 Å². The van der Waals surface area contributed by atoms with Crippen LogP contribution in [-0.2, 0) is 0 Å². The molecule has 0 aromatic heterocycles. The molecular weight excluding hydrogens is 357 g/mol. The molecule has 1 N–H and O–H groups in total. The summed E-state index contributed by atoms with van der Waals surface area (Å²) in [6.45, 7) is 0. The van der Waals surface area contributed by atoms with Gasteiger partial charge in [-0.05, 0) is 6.42 Å². The van der Waals surface area contributed by atoms with Crippen molar-refractivity contribution >= 4 is 0 Å². The molecule has 0 saturated heterocycles. The van der Waals surface area contributed by atoms with Crippen LogP contribution < -0.4 is 0 Å². The molecule has 2 aliphatic carbocycles. The van der Waals surface area contributed by atoms with Crippen LogP contribution in [-0.4, -0.2) is 35.2 Å². The zero-order valence-electron chi connectivity index (χ0n) is 10.6. The molecule has 0 spiro atoms. The fraction of sp³-hybridized carbons (Fsp3) is 0.818. The number of hydrogen-bond acceptors (Lipinski definition) is 1. The summed E-state index contributed by atoms with van der Waals surface area (Å²) >= 11 is 0. The van der Waals surface area contributed by atoms with Gasteiger partial charge in [0.05, 0.1) is 0 Å². The molecule has 2 bridgehead atoms. The van der Waals surface area contributed by atoms with Crippen LogP contribution in [0.3, 0.4) is 0 Å². The molecule has 23 heavy (non-hydrogen) atoms. The number of allylic oxidation sites excluding steroid dienone is 2. The normalized spacial score (nSPS) is 34.3. The molecule has 3 unspecified atom stereocenters. The lowest BCUT2D eigenvalue weighted by Crippen LogP contribution is -2.77. The Morgan fingerprint density at radius 3 is 1.43 bits per heavy atom. The van der Waals surface area contributed by atoms with Gasteiger partial charge < -0.3 is 5.11 Å². The lowest BCUT2D eigenvalue weighted by atomic mass is 9.60.